The van der Waals surface area contributed by atoms with Gasteiger partial charge in [0.2, 0.25) is 0 Å². The largest absolute Gasteiger partial charge is 0.465 e. The van der Waals surface area contributed by atoms with Crippen LogP contribution in [0.4, 0.5) is 0 Å². The molecule has 0 spiro atoms. The smallest absolute Gasteiger partial charge is 0.338 e. The number of methoxy groups -OCH3 is 1. The number of para-hydroxylation sites is 1. The van der Waals surface area contributed by atoms with E-state index in [9.17, 15) is 4.79 Å². The predicted octanol–water partition coefficient (Wildman–Crippen LogP) is 8.31. The Kier molecular flexibility index (Phi) is 4.46. The van der Waals surface area contributed by atoms with E-state index >= 15 is 0 Å². The van der Waals surface area contributed by atoms with Gasteiger partial charge in [0.05, 0.1) is 12.7 Å². The zero-order valence-corrected chi connectivity index (χ0v) is 20.2. The first kappa shape index (κ1) is 21.0. The number of esters is 1. The number of ether oxygens (including phenoxy) is 1. The second-order valence-corrected chi connectivity index (χ2v) is 9.94. The molecule has 4 aromatic carbocycles. The van der Waals surface area contributed by atoms with Gasteiger partial charge in [-0.25, -0.2) is 4.79 Å². The highest BCUT2D eigenvalue weighted by atomic mass is 35.5. The Balaban J connectivity index is 1.82. The highest BCUT2D eigenvalue weighted by Crippen LogP contribution is 2.55. The van der Waals surface area contributed by atoms with Gasteiger partial charge in [-0.2, -0.15) is 0 Å². The summed E-state index contributed by atoms with van der Waals surface area (Å²) in [6, 6.07) is 22.2. The summed E-state index contributed by atoms with van der Waals surface area (Å²) in [5, 5.41) is 2.84. The molecule has 1 aliphatic carbocycles. The summed E-state index contributed by atoms with van der Waals surface area (Å²) in [4.78, 5) is 12.7. The Bertz CT molecular complexity index is 1660. The van der Waals surface area contributed by atoms with Crippen LogP contribution in [0, 0.1) is 6.92 Å². The van der Waals surface area contributed by atoms with Gasteiger partial charge in [0.1, 0.15) is 11.2 Å². The van der Waals surface area contributed by atoms with Gasteiger partial charge in [-0.15, -0.1) is 0 Å². The minimum Gasteiger partial charge on any atom is -0.465 e. The Hall–Kier alpha value is -3.56. The van der Waals surface area contributed by atoms with Crippen molar-refractivity contribution < 1.29 is 13.9 Å². The molecule has 0 amide bonds. The highest BCUT2D eigenvalue weighted by Gasteiger charge is 2.39. The van der Waals surface area contributed by atoms with E-state index < -0.39 is 0 Å². The van der Waals surface area contributed by atoms with Gasteiger partial charge in [0.15, 0.2) is 0 Å². The Morgan fingerprint density at radius 3 is 2.50 bits per heavy atom. The molecule has 34 heavy (non-hydrogen) atoms. The number of carbonyl (C=O) groups is 1. The van der Waals surface area contributed by atoms with Gasteiger partial charge < -0.3 is 9.15 Å². The van der Waals surface area contributed by atoms with E-state index in [0.29, 0.717) is 5.56 Å². The fraction of sp³-hybridized carbons (Fsp3) is 0.167. The van der Waals surface area contributed by atoms with Crippen molar-refractivity contribution >= 4 is 39.5 Å². The monoisotopic (exact) mass is 466 g/mol. The van der Waals surface area contributed by atoms with Crippen molar-refractivity contribution in [1.29, 1.82) is 0 Å². The normalized spacial score (nSPS) is 13.8. The van der Waals surface area contributed by atoms with Crippen molar-refractivity contribution in [2.24, 2.45) is 0 Å². The fourth-order valence-electron chi connectivity index (χ4n) is 5.44. The van der Waals surface area contributed by atoms with Crippen molar-refractivity contribution in [3.8, 4) is 22.3 Å². The SMILES string of the molecule is COC(=O)c1ccc(C)cc1-c1cc2c(c3c1oc1ccccc13)-c1ccc(Cl)cc1C2(C)C. The number of aryl methyl sites for hydroxylation is 1. The number of furan rings is 1. The molecule has 0 aliphatic heterocycles. The van der Waals surface area contributed by atoms with Crippen LogP contribution in [0.2, 0.25) is 5.02 Å². The minimum absolute atomic E-state index is 0.272. The van der Waals surface area contributed by atoms with Crippen LogP contribution >= 0.6 is 11.6 Å². The van der Waals surface area contributed by atoms with Gasteiger partial charge in [-0.05, 0) is 59.5 Å². The van der Waals surface area contributed by atoms with Crippen LogP contribution in [-0.4, -0.2) is 13.1 Å². The summed E-state index contributed by atoms with van der Waals surface area (Å²) in [5.41, 5.74) is 9.32. The molecule has 0 fully saturated rings. The first-order valence-electron chi connectivity index (χ1n) is 11.3. The molecule has 5 aromatic rings. The zero-order valence-electron chi connectivity index (χ0n) is 19.5. The summed E-state index contributed by atoms with van der Waals surface area (Å²) in [7, 11) is 1.41. The molecule has 0 radical (unpaired) electrons. The quantitative estimate of drug-likeness (QED) is 0.245. The number of carbonyl (C=O) groups excluding carboxylic acids is 1. The summed E-state index contributed by atoms with van der Waals surface area (Å²) >= 11 is 6.43. The molecule has 1 aliphatic rings. The maximum atomic E-state index is 12.7. The maximum Gasteiger partial charge on any atom is 0.338 e. The van der Waals surface area contributed by atoms with Gasteiger partial charge in [0, 0.05) is 32.3 Å². The first-order valence-corrected chi connectivity index (χ1v) is 11.7. The molecule has 3 nitrogen and oxygen atoms in total. The molecule has 4 heteroatoms. The lowest BCUT2D eigenvalue weighted by molar-refractivity contribution is 0.0601. The van der Waals surface area contributed by atoms with Crippen LogP contribution in [0.3, 0.4) is 0 Å². The zero-order chi connectivity index (χ0) is 23.8. The van der Waals surface area contributed by atoms with E-state index in [1.165, 1.54) is 29.4 Å². The van der Waals surface area contributed by atoms with E-state index in [1.807, 2.05) is 49.4 Å². The van der Waals surface area contributed by atoms with Gasteiger partial charge in [-0.3, -0.25) is 0 Å². The Morgan fingerprint density at radius 1 is 0.912 bits per heavy atom. The summed E-state index contributed by atoms with van der Waals surface area (Å²) < 4.78 is 11.6. The minimum atomic E-state index is -0.367. The summed E-state index contributed by atoms with van der Waals surface area (Å²) in [6.45, 7) is 6.47. The van der Waals surface area contributed by atoms with Gasteiger partial charge in [-0.1, -0.05) is 67.4 Å². The Labute approximate surface area is 202 Å². The van der Waals surface area contributed by atoms with E-state index in [2.05, 4.69) is 38.1 Å². The number of fused-ring (bicyclic) bond motifs is 7. The second-order valence-electron chi connectivity index (χ2n) is 9.50. The highest BCUT2D eigenvalue weighted by molar-refractivity contribution is 6.31. The average Bonchev–Trinajstić information content (AvgIpc) is 3.31. The molecule has 168 valence electrons. The fourth-order valence-corrected chi connectivity index (χ4v) is 5.61. The molecule has 1 heterocycles. The Morgan fingerprint density at radius 2 is 1.71 bits per heavy atom. The molecule has 0 saturated heterocycles. The van der Waals surface area contributed by atoms with E-state index in [0.717, 1.165) is 43.7 Å². The van der Waals surface area contributed by atoms with Crippen molar-refractivity contribution in [3.05, 3.63) is 94.0 Å². The molecule has 0 saturated carbocycles. The standard InChI is InChI=1S/C30H23ClO3/c1-16-9-11-18(29(32)33-4)21(13-16)22-15-24-26(19-12-10-17(31)14-23(19)30(24,2)3)27-20-7-5-6-8-25(20)34-28(22)27/h5-15H,1-4H3. The van der Waals surface area contributed by atoms with Crippen molar-refractivity contribution in [2.45, 2.75) is 26.2 Å². The van der Waals surface area contributed by atoms with Crippen LogP contribution in [0.1, 0.15) is 40.9 Å². The number of hydrogen-bond acceptors (Lipinski definition) is 3. The van der Waals surface area contributed by atoms with E-state index in [-0.39, 0.29) is 11.4 Å². The van der Waals surface area contributed by atoms with Crippen LogP contribution in [0.15, 0.2) is 71.1 Å². The lowest BCUT2D eigenvalue weighted by Gasteiger charge is -2.22. The third-order valence-corrected chi connectivity index (χ3v) is 7.35. The summed E-state index contributed by atoms with van der Waals surface area (Å²) in [5.74, 6) is -0.367. The second kappa shape index (κ2) is 7.22. The lowest BCUT2D eigenvalue weighted by Crippen LogP contribution is -2.15. The molecule has 0 N–H and O–H groups in total. The van der Waals surface area contributed by atoms with Crippen LogP contribution in [-0.2, 0) is 10.2 Å². The third kappa shape index (κ3) is 2.80. The molecule has 6 rings (SSSR count). The van der Waals surface area contributed by atoms with Crippen molar-refractivity contribution in [2.75, 3.05) is 7.11 Å². The maximum absolute atomic E-state index is 12.7. The molecular weight excluding hydrogens is 444 g/mol. The molecular formula is C30H23ClO3. The lowest BCUT2D eigenvalue weighted by atomic mass is 9.80. The number of benzene rings is 4. The summed E-state index contributed by atoms with van der Waals surface area (Å²) in [6.07, 6.45) is 0. The van der Waals surface area contributed by atoms with Crippen LogP contribution < -0.4 is 0 Å². The average molecular weight is 467 g/mol. The van der Waals surface area contributed by atoms with Gasteiger partial charge >= 0.3 is 5.97 Å². The molecule has 0 atom stereocenters. The number of rotatable bonds is 2. The number of halogens is 1. The van der Waals surface area contributed by atoms with Gasteiger partial charge in [0.25, 0.3) is 0 Å². The predicted molar refractivity (Wildman–Crippen MR) is 138 cm³/mol. The van der Waals surface area contributed by atoms with Crippen LogP contribution in [0.25, 0.3) is 44.2 Å². The van der Waals surface area contributed by atoms with Crippen molar-refractivity contribution in [1.82, 2.24) is 0 Å². The molecule has 0 bridgehead atoms. The van der Waals surface area contributed by atoms with Crippen LogP contribution in [0.5, 0.6) is 0 Å². The molecule has 0 unspecified atom stereocenters. The topological polar surface area (TPSA) is 39.4 Å². The van der Waals surface area contributed by atoms with Crippen molar-refractivity contribution in [3.63, 3.8) is 0 Å². The van der Waals surface area contributed by atoms with E-state index in [4.69, 9.17) is 20.8 Å². The molecule has 1 aromatic heterocycles. The number of hydrogen-bond donors (Lipinski definition) is 0. The third-order valence-electron chi connectivity index (χ3n) is 7.12. The first-order chi connectivity index (χ1) is 16.3. The van der Waals surface area contributed by atoms with E-state index in [1.54, 1.807) is 0 Å².